The van der Waals surface area contributed by atoms with Crippen molar-refractivity contribution in [3.05, 3.63) is 65.5 Å². The van der Waals surface area contributed by atoms with Crippen LogP contribution >= 0.6 is 0 Å². The molecule has 2 rings (SSSR count). The summed E-state index contributed by atoms with van der Waals surface area (Å²) in [6, 6.07) is 7.67. The topological polar surface area (TPSA) is 55.4 Å². The average molecular weight is 397 g/mol. The Kier molecular flexibility index (Phi) is 7.14. The highest BCUT2D eigenvalue weighted by atomic mass is 19.4. The highest BCUT2D eigenvalue weighted by molar-refractivity contribution is 5.98. The third-order valence-electron chi connectivity index (χ3n) is 3.90. The molecular weight excluding hydrogens is 378 g/mol. The molecule has 0 saturated carbocycles. The second kappa shape index (κ2) is 9.34. The van der Waals surface area contributed by atoms with E-state index in [2.05, 4.69) is 0 Å². The highest BCUT2D eigenvalue weighted by Gasteiger charge is 2.41. The van der Waals surface area contributed by atoms with Gasteiger partial charge < -0.3 is 10.1 Å². The number of carbonyl (C=O) groups excluding carboxylic acids is 2. The first kappa shape index (κ1) is 21.4. The molecule has 2 aromatic carbocycles. The molecule has 0 spiro atoms. The number of amides is 1. The van der Waals surface area contributed by atoms with Crippen molar-refractivity contribution in [1.29, 1.82) is 0 Å². The maximum atomic E-state index is 13.2. The lowest BCUT2D eigenvalue weighted by Crippen LogP contribution is -2.38. The van der Waals surface area contributed by atoms with Gasteiger partial charge in [0.2, 0.25) is 5.91 Å². The minimum absolute atomic E-state index is 0.242. The third kappa shape index (κ3) is 6.07. The zero-order valence-corrected chi connectivity index (χ0v) is 15.1. The molecule has 0 saturated heterocycles. The van der Waals surface area contributed by atoms with E-state index in [0.717, 1.165) is 24.3 Å². The van der Waals surface area contributed by atoms with Gasteiger partial charge in [-0.3, -0.25) is 9.59 Å². The van der Waals surface area contributed by atoms with Crippen molar-refractivity contribution in [2.45, 2.75) is 32.0 Å². The van der Waals surface area contributed by atoms with Crippen LogP contribution in [0.15, 0.2) is 48.5 Å². The molecule has 2 aromatic rings. The Hall–Kier alpha value is -2.90. The van der Waals surface area contributed by atoms with E-state index >= 15 is 0 Å². The average Bonchev–Trinajstić information content (AvgIpc) is 2.65. The van der Waals surface area contributed by atoms with Crippen LogP contribution in [0.5, 0.6) is 5.75 Å². The molecule has 1 unspecified atom stereocenters. The number of hydrogen-bond donors (Lipinski definition) is 1. The van der Waals surface area contributed by atoms with Crippen molar-refractivity contribution in [3.63, 3.8) is 0 Å². The molecule has 0 radical (unpaired) electrons. The van der Waals surface area contributed by atoms with E-state index in [0.29, 0.717) is 17.9 Å². The number of Topliss-reactive ketones (excluding diaryl/α,β-unsaturated/α-hetero) is 1. The summed E-state index contributed by atoms with van der Waals surface area (Å²) in [6.45, 7) is 2.29. The van der Waals surface area contributed by atoms with Crippen LogP contribution in [-0.2, 0) is 4.79 Å². The summed E-state index contributed by atoms with van der Waals surface area (Å²) in [6.07, 6.45) is -5.40. The molecule has 150 valence electrons. The minimum Gasteiger partial charge on any atom is -0.494 e. The van der Waals surface area contributed by atoms with Crippen molar-refractivity contribution < 1.29 is 31.9 Å². The number of ketones is 1. The van der Waals surface area contributed by atoms with Crippen LogP contribution in [0.2, 0.25) is 0 Å². The van der Waals surface area contributed by atoms with E-state index < -0.39 is 30.4 Å². The summed E-state index contributed by atoms with van der Waals surface area (Å²) in [5, 5.41) is 1.87. The van der Waals surface area contributed by atoms with E-state index in [1.54, 1.807) is 12.1 Å². The lowest BCUT2D eigenvalue weighted by atomic mass is 10.0. The van der Waals surface area contributed by atoms with E-state index in [-0.39, 0.29) is 17.8 Å². The molecule has 0 heterocycles. The molecule has 4 nitrogen and oxygen atoms in total. The van der Waals surface area contributed by atoms with Crippen molar-refractivity contribution in [1.82, 2.24) is 5.32 Å². The molecule has 1 N–H and O–H groups in total. The normalized spacial score (nSPS) is 12.3. The number of benzene rings is 2. The minimum atomic E-state index is -4.76. The first-order chi connectivity index (χ1) is 13.2. The van der Waals surface area contributed by atoms with Crippen LogP contribution in [-0.4, -0.2) is 24.5 Å². The summed E-state index contributed by atoms with van der Waals surface area (Å²) in [5.41, 5.74) is 0.0437. The summed E-state index contributed by atoms with van der Waals surface area (Å²) >= 11 is 0. The molecule has 0 bridgehead atoms. The first-order valence-corrected chi connectivity index (χ1v) is 8.58. The maximum absolute atomic E-state index is 13.2. The van der Waals surface area contributed by atoms with Gasteiger partial charge in [0.05, 0.1) is 6.61 Å². The van der Waals surface area contributed by atoms with Crippen LogP contribution in [0.1, 0.15) is 41.7 Å². The Bertz CT molecular complexity index is 802. The summed E-state index contributed by atoms with van der Waals surface area (Å²) in [4.78, 5) is 24.1. The van der Waals surface area contributed by atoms with Gasteiger partial charge in [0.1, 0.15) is 11.6 Å². The van der Waals surface area contributed by atoms with Gasteiger partial charge in [0.15, 0.2) is 11.8 Å². The van der Waals surface area contributed by atoms with Crippen molar-refractivity contribution in [3.8, 4) is 5.75 Å². The monoisotopic (exact) mass is 397 g/mol. The van der Waals surface area contributed by atoms with Crippen molar-refractivity contribution in [2.75, 3.05) is 6.61 Å². The van der Waals surface area contributed by atoms with Crippen LogP contribution in [0, 0.1) is 5.82 Å². The molecule has 8 heteroatoms. The second-order valence-corrected chi connectivity index (χ2v) is 5.97. The SMILES string of the molecule is CCOc1ccc(C(=O)CCC(=O)NC(c2ccc(F)cc2)C(F)(F)F)cc1. The third-order valence-corrected chi connectivity index (χ3v) is 3.90. The van der Waals surface area contributed by atoms with Gasteiger partial charge in [0.25, 0.3) is 0 Å². The number of hydrogen-bond acceptors (Lipinski definition) is 3. The fraction of sp³-hybridized carbons (Fsp3) is 0.300. The number of halogens is 4. The fourth-order valence-electron chi connectivity index (χ4n) is 2.52. The van der Waals surface area contributed by atoms with Crippen LogP contribution < -0.4 is 10.1 Å². The van der Waals surface area contributed by atoms with E-state index in [1.807, 2.05) is 12.2 Å². The molecule has 0 aliphatic heterocycles. The molecule has 1 atom stereocenters. The van der Waals surface area contributed by atoms with Gasteiger partial charge >= 0.3 is 6.18 Å². The summed E-state index contributed by atoms with van der Waals surface area (Å²) in [7, 11) is 0. The second-order valence-electron chi connectivity index (χ2n) is 5.97. The quantitative estimate of drug-likeness (QED) is 0.523. The number of rotatable bonds is 8. The highest BCUT2D eigenvalue weighted by Crippen LogP contribution is 2.32. The number of nitrogens with one attached hydrogen (secondary N) is 1. The lowest BCUT2D eigenvalue weighted by Gasteiger charge is -2.22. The Morgan fingerprint density at radius 2 is 1.61 bits per heavy atom. The lowest BCUT2D eigenvalue weighted by molar-refractivity contribution is -0.163. The van der Waals surface area contributed by atoms with Gasteiger partial charge in [-0.1, -0.05) is 12.1 Å². The first-order valence-electron chi connectivity index (χ1n) is 8.58. The van der Waals surface area contributed by atoms with Gasteiger partial charge in [-0.05, 0) is 48.9 Å². The van der Waals surface area contributed by atoms with Gasteiger partial charge in [0, 0.05) is 18.4 Å². The predicted octanol–water partition coefficient (Wildman–Crippen LogP) is 4.61. The Balaban J connectivity index is 1.97. The Morgan fingerprint density at radius 3 is 2.14 bits per heavy atom. The fourth-order valence-corrected chi connectivity index (χ4v) is 2.52. The predicted molar refractivity (Wildman–Crippen MR) is 94.5 cm³/mol. The molecule has 0 aliphatic rings. The van der Waals surface area contributed by atoms with Crippen LogP contribution in [0.3, 0.4) is 0 Å². The Morgan fingerprint density at radius 1 is 1.00 bits per heavy atom. The van der Waals surface area contributed by atoms with Crippen LogP contribution in [0.4, 0.5) is 17.6 Å². The molecule has 0 aliphatic carbocycles. The van der Waals surface area contributed by atoms with Crippen molar-refractivity contribution in [2.24, 2.45) is 0 Å². The van der Waals surface area contributed by atoms with Gasteiger partial charge in [-0.15, -0.1) is 0 Å². The molecule has 0 aromatic heterocycles. The number of carbonyl (C=O) groups is 2. The zero-order valence-electron chi connectivity index (χ0n) is 15.1. The smallest absolute Gasteiger partial charge is 0.412 e. The number of ether oxygens (including phenoxy) is 1. The van der Waals surface area contributed by atoms with Gasteiger partial charge in [-0.25, -0.2) is 4.39 Å². The van der Waals surface area contributed by atoms with Crippen molar-refractivity contribution >= 4 is 11.7 Å². The van der Waals surface area contributed by atoms with E-state index in [9.17, 15) is 27.2 Å². The molecule has 1 amide bonds. The zero-order chi connectivity index (χ0) is 20.7. The Labute approximate surface area is 159 Å². The molecule has 28 heavy (non-hydrogen) atoms. The summed E-state index contributed by atoms with van der Waals surface area (Å²) in [5.74, 6) is -1.39. The van der Waals surface area contributed by atoms with Crippen LogP contribution in [0.25, 0.3) is 0 Å². The van der Waals surface area contributed by atoms with E-state index in [1.165, 1.54) is 12.1 Å². The molecule has 0 fully saturated rings. The number of alkyl halides is 3. The standard InChI is InChI=1S/C20H19F4NO3/c1-2-28-16-9-5-13(6-10-16)17(26)11-12-18(27)25-19(20(22,23)24)14-3-7-15(21)8-4-14/h3-10,19H,2,11-12H2,1H3,(H,25,27). The maximum Gasteiger partial charge on any atom is 0.412 e. The van der Waals surface area contributed by atoms with Gasteiger partial charge in [-0.2, -0.15) is 13.2 Å². The molecular formula is C20H19F4NO3. The summed E-state index contributed by atoms with van der Waals surface area (Å²) < 4.78 is 57.9. The van der Waals surface area contributed by atoms with E-state index in [4.69, 9.17) is 4.74 Å². The largest absolute Gasteiger partial charge is 0.494 e.